The molecule has 1 saturated heterocycles. The number of hydrogen-bond acceptors (Lipinski definition) is 6. The quantitative estimate of drug-likeness (QED) is 0.792. The summed E-state index contributed by atoms with van der Waals surface area (Å²) in [5.74, 6) is 0.815. The summed E-state index contributed by atoms with van der Waals surface area (Å²) in [4.78, 5) is 23.7. The molecule has 8 heteroatoms. The zero-order valence-corrected chi connectivity index (χ0v) is 15.0. The predicted octanol–water partition coefficient (Wildman–Crippen LogP) is 2.09. The van der Waals surface area contributed by atoms with Crippen molar-refractivity contribution in [1.29, 1.82) is 0 Å². The molecule has 8 nitrogen and oxygen atoms in total. The van der Waals surface area contributed by atoms with Crippen LogP contribution in [0.4, 0.5) is 5.82 Å². The van der Waals surface area contributed by atoms with E-state index in [4.69, 9.17) is 15.2 Å². The van der Waals surface area contributed by atoms with Crippen molar-refractivity contribution in [1.82, 2.24) is 19.5 Å². The second-order valence-electron chi connectivity index (χ2n) is 6.73. The zero-order chi connectivity index (χ0) is 17.8. The highest BCUT2D eigenvalue weighted by atomic mass is 16.5. The standard InChI is InChI=1S/C17H27N5O3/c1-3-4-11(2)25-16-20-14(18)13-15(21-16)22(17(23)19-13)8-5-12-6-9-24-10-7-12/h11-12H,3-10H2,1-2H3,(H,19,23)(H2,18,20,21)/t11-/m0/s1. The number of aromatic nitrogens is 4. The molecule has 1 aliphatic rings. The molecule has 2 aromatic rings. The van der Waals surface area contributed by atoms with Crippen molar-refractivity contribution in [3.05, 3.63) is 10.5 Å². The Balaban J connectivity index is 1.82. The van der Waals surface area contributed by atoms with Gasteiger partial charge < -0.3 is 20.2 Å². The molecule has 1 aliphatic heterocycles. The van der Waals surface area contributed by atoms with E-state index in [0.717, 1.165) is 45.3 Å². The van der Waals surface area contributed by atoms with Gasteiger partial charge in [-0.2, -0.15) is 9.97 Å². The molecular formula is C17H27N5O3. The normalized spacial score (nSPS) is 17.0. The number of anilines is 1. The predicted molar refractivity (Wildman–Crippen MR) is 95.7 cm³/mol. The van der Waals surface area contributed by atoms with Gasteiger partial charge in [-0.15, -0.1) is 0 Å². The van der Waals surface area contributed by atoms with Gasteiger partial charge in [-0.25, -0.2) is 4.79 Å². The lowest BCUT2D eigenvalue weighted by Crippen LogP contribution is -2.22. The van der Waals surface area contributed by atoms with Crippen molar-refractivity contribution < 1.29 is 9.47 Å². The fourth-order valence-corrected chi connectivity index (χ4v) is 3.28. The maximum atomic E-state index is 12.3. The van der Waals surface area contributed by atoms with Crippen molar-refractivity contribution in [3.63, 3.8) is 0 Å². The first kappa shape index (κ1) is 17.7. The number of ether oxygens (including phenoxy) is 2. The van der Waals surface area contributed by atoms with Crippen molar-refractivity contribution >= 4 is 17.0 Å². The Morgan fingerprint density at radius 1 is 1.40 bits per heavy atom. The number of nitrogens with two attached hydrogens (primary N) is 1. The van der Waals surface area contributed by atoms with Crippen LogP contribution in [0.25, 0.3) is 11.2 Å². The minimum absolute atomic E-state index is 0.00297. The van der Waals surface area contributed by atoms with Crippen LogP contribution in [0, 0.1) is 5.92 Å². The Labute approximate surface area is 146 Å². The summed E-state index contributed by atoms with van der Waals surface area (Å²) in [7, 11) is 0. The van der Waals surface area contributed by atoms with Crippen LogP contribution in [-0.2, 0) is 11.3 Å². The average Bonchev–Trinajstić information content (AvgIpc) is 2.90. The molecule has 0 unspecified atom stereocenters. The lowest BCUT2D eigenvalue weighted by atomic mass is 9.97. The molecule has 1 fully saturated rings. The van der Waals surface area contributed by atoms with Crippen molar-refractivity contribution in [2.75, 3.05) is 18.9 Å². The third-order valence-electron chi connectivity index (χ3n) is 4.73. The highest BCUT2D eigenvalue weighted by Crippen LogP contribution is 2.22. The average molecular weight is 349 g/mol. The second kappa shape index (κ2) is 7.86. The topological polar surface area (TPSA) is 108 Å². The largest absolute Gasteiger partial charge is 0.460 e. The summed E-state index contributed by atoms with van der Waals surface area (Å²) < 4.78 is 12.8. The van der Waals surface area contributed by atoms with Crippen molar-refractivity contribution in [3.8, 4) is 6.01 Å². The molecule has 138 valence electrons. The van der Waals surface area contributed by atoms with Gasteiger partial charge in [-0.05, 0) is 38.5 Å². The van der Waals surface area contributed by atoms with Gasteiger partial charge in [0.05, 0.1) is 6.10 Å². The number of hydrogen-bond donors (Lipinski definition) is 2. The monoisotopic (exact) mass is 349 g/mol. The van der Waals surface area contributed by atoms with Crippen LogP contribution in [-0.4, -0.2) is 38.8 Å². The van der Waals surface area contributed by atoms with Gasteiger partial charge in [0, 0.05) is 19.8 Å². The molecule has 3 rings (SSSR count). The Kier molecular flexibility index (Phi) is 5.57. The fraction of sp³-hybridized carbons (Fsp3) is 0.706. The van der Waals surface area contributed by atoms with Gasteiger partial charge in [0.25, 0.3) is 0 Å². The van der Waals surface area contributed by atoms with Gasteiger partial charge in [0.1, 0.15) is 5.52 Å². The highest BCUT2D eigenvalue weighted by molar-refractivity contribution is 5.81. The molecule has 0 amide bonds. The summed E-state index contributed by atoms with van der Waals surface area (Å²) in [5.41, 5.74) is 6.79. The van der Waals surface area contributed by atoms with E-state index in [1.807, 2.05) is 6.92 Å². The SMILES string of the molecule is CCC[C@H](C)Oc1nc(N)c2[nH]c(=O)n(CCC3CCOCC3)c2n1. The minimum atomic E-state index is -0.207. The van der Waals surface area contributed by atoms with E-state index in [1.165, 1.54) is 0 Å². The molecule has 2 aromatic heterocycles. The molecular weight excluding hydrogens is 322 g/mol. The van der Waals surface area contributed by atoms with Gasteiger partial charge in [0.2, 0.25) is 0 Å². The Hall–Kier alpha value is -2.09. The maximum Gasteiger partial charge on any atom is 0.327 e. The number of imidazole rings is 1. The third kappa shape index (κ3) is 4.12. The minimum Gasteiger partial charge on any atom is -0.460 e. The van der Waals surface area contributed by atoms with Gasteiger partial charge in [-0.3, -0.25) is 4.57 Å². The lowest BCUT2D eigenvalue weighted by Gasteiger charge is -2.21. The highest BCUT2D eigenvalue weighted by Gasteiger charge is 2.18. The zero-order valence-electron chi connectivity index (χ0n) is 15.0. The van der Waals surface area contributed by atoms with E-state index >= 15 is 0 Å². The number of nitrogens with zero attached hydrogens (tertiary/aromatic N) is 3. The summed E-state index contributed by atoms with van der Waals surface area (Å²) in [6.07, 6.45) is 4.92. The molecule has 25 heavy (non-hydrogen) atoms. The first-order valence-corrected chi connectivity index (χ1v) is 9.09. The number of H-pyrrole nitrogens is 1. The van der Waals surface area contributed by atoms with Crippen molar-refractivity contribution in [2.24, 2.45) is 5.92 Å². The van der Waals surface area contributed by atoms with Crippen molar-refractivity contribution in [2.45, 2.75) is 58.6 Å². The molecule has 3 heterocycles. The van der Waals surface area contributed by atoms with E-state index < -0.39 is 0 Å². The van der Waals surface area contributed by atoms with Gasteiger partial charge in [0.15, 0.2) is 11.5 Å². The summed E-state index contributed by atoms with van der Waals surface area (Å²) in [6, 6.07) is 0.227. The first-order valence-electron chi connectivity index (χ1n) is 9.09. The van der Waals surface area contributed by atoms with Crippen LogP contribution >= 0.6 is 0 Å². The number of nitrogen functional groups attached to an aromatic ring is 1. The fourth-order valence-electron chi connectivity index (χ4n) is 3.28. The first-order chi connectivity index (χ1) is 12.1. The molecule has 1 atom stereocenters. The number of aryl methyl sites for hydroxylation is 1. The van der Waals surface area contributed by atoms with Crippen LogP contribution < -0.4 is 16.2 Å². The summed E-state index contributed by atoms with van der Waals surface area (Å²) in [6.45, 7) is 6.27. The van der Waals surface area contributed by atoms with Crippen LogP contribution in [0.2, 0.25) is 0 Å². The van der Waals surface area contributed by atoms with Gasteiger partial charge in [-0.1, -0.05) is 13.3 Å². The number of fused-ring (bicyclic) bond motifs is 1. The smallest absolute Gasteiger partial charge is 0.327 e. The Morgan fingerprint density at radius 2 is 2.16 bits per heavy atom. The van der Waals surface area contributed by atoms with E-state index in [0.29, 0.717) is 23.6 Å². The van der Waals surface area contributed by atoms with E-state index in [2.05, 4.69) is 21.9 Å². The maximum absolute atomic E-state index is 12.3. The lowest BCUT2D eigenvalue weighted by molar-refractivity contribution is 0.0626. The molecule has 0 bridgehead atoms. The molecule has 3 N–H and O–H groups in total. The molecule has 0 spiro atoms. The summed E-state index contributed by atoms with van der Waals surface area (Å²) in [5, 5.41) is 0. The molecule has 0 aromatic carbocycles. The molecule has 0 saturated carbocycles. The Morgan fingerprint density at radius 3 is 2.88 bits per heavy atom. The van der Waals surface area contributed by atoms with E-state index in [-0.39, 0.29) is 23.6 Å². The van der Waals surface area contributed by atoms with Crippen LogP contribution in [0.3, 0.4) is 0 Å². The van der Waals surface area contributed by atoms with Crippen LogP contribution in [0.1, 0.15) is 46.0 Å². The molecule has 0 radical (unpaired) electrons. The van der Waals surface area contributed by atoms with Gasteiger partial charge >= 0.3 is 11.7 Å². The molecule has 0 aliphatic carbocycles. The number of aromatic amines is 1. The Bertz CT molecular complexity index is 763. The second-order valence-corrected chi connectivity index (χ2v) is 6.73. The third-order valence-corrected chi connectivity index (χ3v) is 4.73. The van der Waals surface area contributed by atoms with E-state index in [9.17, 15) is 4.79 Å². The van der Waals surface area contributed by atoms with Crippen LogP contribution in [0.15, 0.2) is 4.79 Å². The number of nitrogens with one attached hydrogen (secondary N) is 1. The number of rotatable bonds is 7. The van der Waals surface area contributed by atoms with Crippen LogP contribution in [0.5, 0.6) is 6.01 Å². The summed E-state index contributed by atoms with van der Waals surface area (Å²) >= 11 is 0. The van der Waals surface area contributed by atoms with E-state index in [1.54, 1.807) is 4.57 Å².